The van der Waals surface area contributed by atoms with Crippen LogP contribution >= 0.6 is 11.8 Å². The van der Waals surface area contributed by atoms with Crippen molar-refractivity contribution in [3.05, 3.63) is 93.7 Å². The molecule has 0 bridgehead atoms. The van der Waals surface area contributed by atoms with E-state index < -0.39 is 5.76 Å². The molecule has 8 heteroatoms. The van der Waals surface area contributed by atoms with E-state index in [1.54, 1.807) is 28.4 Å². The molecule has 0 saturated carbocycles. The Labute approximate surface area is 186 Å². The summed E-state index contributed by atoms with van der Waals surface area (Å²) in [5.74, 6) is 0.689. The van der Waals surface area contributed by atoms with Crippen LogP contribution in [-0.4, -0.2) is 27.0 Å². The number of rotatable bonds is 6. The van der Waals surface area contributed by atoms with Crippen LogP contribution in [0.4, 0.5) is 0 Å². The monoisotopic (exact) mass is 445 g/mol. The van der Waals surface area contributed by atoms with E-state index in [0.29, 0.717) is 45.4 Å². The Hall–Kier alpha value is -3.78. The number of benzene rings is 3. The molecule has 0 unspecified atom stereocenters. The number of oxazole rings is 1. The smallest absolute Gasteiger partial charge is 0.419 e. The van der Waals surface area contributed by atoms with Gasteiger partial charge in [0.2, 0.25) is 0 Å². The number of aromatic nitrogens is 3. The zero-order valence-corrected chi connectivity index (χ0v) is 18.0. The van der Waals surface area contributed by atoms with Crippen molar-refractivity contribution >= 4 is 33.8 Å². The molecule has 0 amide bonds. The first-order chi connectivity index (χ1) is 15.7. The molecule has 0 aliphatic rings. The summed E-state index contributed by atoms with van der Waals surface area (Å²) in [5, 5.41) is 1.05. The fraction of sp³-hybridized carbons (Fsp3) is 0.125. The molecule has 0 radical (unpaired) electrons. The SMILES string of the molecule is COc1ccccc1-n1c(SCCn2c(=O)oc3ccccc32)nc2ccccc2c1=O. The maximum atomic E-state index is 13.4. The average Bonchev–Trinajstić information content (AvgIpc) is 3.14. The van der Waals surface area contributed by atoms with Crippen molar-refractivity contribution in [3.63, 3.8) is 0 Å². The molecule has 0 aliphatic heterocycles. The molecule has 7 nitrogen and oxygen atoms in total. The van der Waals surface area contributed by atoms with Crippen LogP contribution in [0.25, 0.3) is 27.7 Å². The number of aryl methyl sites for hydroxylation is 1. The van der Waals surface area contributed by atoms with Gasteiger partial charge in [0, 0.05) is 12.3 Å². The summed E-state index contributed by atoms with van der Waals surface area (Å²) >= 11 is 1.40. The largest absolute Gasteiger partial charge is 0.495 e. The van der Waals surface area contributed by atoms with Gasteiger partial charge in [0.1, 0.15) is 5.75 Å². The second-order valence-corrected chi connectivity index (χ2v) is 8.12. The fourth-order valence-electron chi connectivity index (χ4n) is 3.69. The minimum absolute atomic E-state index is 0.173. The summed E-state index contributed by atoms with van der Waals surface area (Å²) in [7, 11) is 1.57. The fourth-order valence-corrected chi connectivity index (χ4v) is 4.62. The van der Waals surface area contributed by atoms with E-state index in [9.17, 15) is 9.59 Å². The minimum Gasteiger partial charge on any atom is -0.495 e. The molecule has 0 spiro atoms. The van der Waals surface area contributed by atoms with E-state index >= 15 is 0 Å². The minimum atomic E-state index is -0.402. The number of hydrogen-bond acceptors (Lipinski definition) is 6. The summed E-state index contributed by atoms with van der Waals surface area (Å²) < 4.78 is 14.0. The predicted octanol–water partition coefficient (Wildman–Crippen LogP) is 4.09. The van der Waals surface area contributed by atoms with Crippen LogP contribution < -0.4 is 16.1 Å². The van der Waals surface area contributed by atoms with Crippen molar-refractivity contribution in [2.45, 2.75) is 11.7 Å². The van der Waals surface area contributed by atoms with Gasteiger partial charge >= 0.3 is 5.76 Å². The summed E-state index contributed by atoms with van der Waals surface area (Å²) in [5.41, 5.74) is 2.36. The molecule has 0 N–H and O–H groups in total. The Morgan fingerprint density at radius 1 is 0.969 bits per heavy atom. The van der Waals surface area contributed by atoms with Gasteiger partial charge in [-0.05, 0) is 36.4 Å². The van der Waals surface area contributed by atoms with Gasteiger partial charge in [-0.1, -0.05) is 48.2 Å². The number of para-hydroxylation sites is 5. The highest BCUT2D eigenvalue weighted by molar-refractivity contribution is 7.99. The standard InChI is InChI=1S/C24H19N3O4S/c1-30-20-12-6-5-11-19(20)27-22(28)16-8-2-3-9-17(16)25-23(27)32-15-14-26-18-10-4-7-13-21(18)31-24(26)29/h2-13H,14-15H2,1H3. The molecular formula is C24H19N3O4S. The third kappa shape index (κ3) is 3.48. The lowest BCUT2D eigenvalue weighted by molar-refractivity contribution is 0.411. The molecule has 3 aromatic carbocycles. The van der Waals surface area contributed by atoms with E-state index in [1.807, 2.05) is 60.7 Å². The van der Waals surface area contributed by atoms with Gasteiger partial charge < -0.3 is 9.15 Å². The van der Waals surface area contributed by atoms with E-state index in [1.165, 1.54) is 11.8 Å². The van der Waals surface area contributed by atoms with Gasteiger partial charge in [-0.25, -0.2) is 9.78 Å². The molecule has 32 heavy (non-hydrogen) atoms. The molecule has 5 rings (SSSR count). The number of methoxy groups -OCH3 is 1. The van der Waals surface area contributed by atoms with Gasteiger partial charge in [-0.15, -0.1) is 0 Å². The van der Waals surface area contributed by atoms with Gasteiger partial charge in [0.05, 0.1) is 29.2 Å². The summed E-state index contributed by atoms with van der Waals surface area (Å²) in [6.45, 7) is 0.412. The van der Waals surface area contributed by atoms with Gasteiger partial charge in [-0.3, -0.25) is 13.9 Å². The molecular weight excluding hydrogens is 426 g/mol. The number of nitrogens with zero attached hydrogens (tertiary/aromatic N) is 3. The van der Waals surface area contributed by atoms with Gasteiger partial charge in [-0.2, -0.15) is 0 Å². The summed E-state index contributed by atoms with van der Waals surface area (Å²) in [6.07, 6.45) is 0. The number of fused-ring (bicyclic) bond motifs is 2. The van der Waals surface area contributed by atoms with Crippen molar-refractivity contribution in [1.82, 2.24) is 14.1 Å². The van der Waals surface area contributed by atoms with E-state index in [0.717, 1.165) is 5.52 Å². The zero-order chi connectivity index (χ0) is 22.1. The quantitative estimate of drug-likeness (QED) is 0.289. The highest BCUT2D eigenvalue weighted by Gasteiger charge is 2.17. The second kappa shape index (κ2) is 8.39. The van der Waals surface area contributed by atoms with E-state index in [4.69, 9.17) is 14.1 Å². The average molecular weight is 446 g/mol. The molecule has 5 aromatic rings. The van der Waals surface area contributed by atoms with Gasteiger partial charge in [0.15, 0.2) is 10.7 Å². The third-order valence-corrected chi connectivity index (χ3v) is 6.11. The molecule has 160 valence electrons. The summed E-state index contributed by atoms with van der Waals surface area (Å²) in [6, 6.07) is 21.9. The Morgan fingerprint density at radius 2 is 1.72 bits per heavy atom. The maximum Gasteiger partial charge on any atom is 0.419 e. The Morgan fingerprint density at radius 3 is 2.59 bits per heavy atom. The lowest BCUT2D eigenvalue weighted by atomic mass is 10.2. The second-order valence-electron chi connectivity index (χ2n) is 7.06. The Bertz CT molecular complexity index is 1550. The lowest BCUT2D eigenvalue weighted by Gasteiger charge is -2.15. The summed E-state index contributed by atoms with van der Waals surface area (Å²) in [4.78, 5) is 30.5. The van der Waals surface area contributed by atoms with E-state index in [-0.39, 0.29) is 5.56 Å². The third-order valence-electron chi connectivity index (χ3n) is 5.19. The normalized spacial score (nSPS) is 11.3. The number of ether oxygens (including phenoxy) is 1. The molecule has 2 aromatic heterocycles. The van der Waals surface area contributed by atoms with Crippen LogP contribution in [0.3, 0.4) is 0 Å². The van der Waals surface area contributed by atoms with Gasteiger partial charge in [0.25, 0.3) is 5.56 Å². The van der Waals surface area contributed by atoms with Crippen molar-refractivity contribution < 1.29 is 9.15 Å². The molecule has 0 aliphatic carbocycles. The van der Waals surface area contributed by atoms with Crippen LogP contribution in [0, 0.1) is 0 Å². The van der Waals surface area contributed by atoms with Crippen molar-refractivity contribution in [3.8, 4) is 11.4 Å². The van der Waals surface area contributed by atoms with E-state index in [2.05, 4.69) is 0 Å². The molecule has 0 saturated heterocycles. The van der Waals surface area contributed by atoms with Crippen molar-refractivity contribution in [2.75, 3.05) is 12.9 Å². The van der Waals surface area contributed by atoms with Crippen LogP contribution in [0.2, 0.25) is 0 Å². The van der Waals surface area contributed by atoms with Crippen LogP contribution in [0.1, 0.15) is 0 Å². The van der Waals surface area contributed by atoms with Crippen LogP contribution in [0.5, 0.6) is 5.75 Å². The topological polar surface area (TPSA) is 79.3 Å². The van der Waals surface area contributed by atoms with Crippen molar-refractivity contribution in [2.24, 2.45) is 0 Å². The van der Waals surface area contributed by atoms with Crippen LogP contribution in [0.15, 0.2) is 92.0 Å². The van der Waals surface area contributed by atoms with Crippen LogP contribution in [-0.2, 0) is 6.54 Å². The Kier molecular flexibility index (Phi) is 5.28. The zero-order valence-electron chi connectivity index (χ0n) is 17.2. The Balaban J connectivity index is 1.56. The first kappa shape index (κ1) is 20.1. The number of thioether (sulfide) groups is 1. The first-order valence-electron chi connectivity index (χ1n) is 10.0. The highest BCUT2D eigenvalue weighted by Crippen LogP contribution is 2.27. The molecule has 2 heterocycles. The number of hydrogen-bond donors (Lipinski definition) is 0. The molecule has 0 fully saturated rings. The van der Waals surface area contributed by atoms with Crippen molar-refractivity contribution in [1.29, 1.82) is 0 Å². The lowest BCUT2D eigenvalue weighted by Crippen LogP contribution is -2.23. The highest BCUT2D eigenvalue weighted by atomic mass is 32.2. The predicted molar refractivity (Wildman–Crippen MR) is 125 cm³/mol. The molecule has 0 atom stereocenters. The maximum absolute atomic E-state index is 13.4. The first-order valence-corrected chi connectivity index (χ1v) is 11.0.